The predicted octanol–water partition coefficient (Wildman–Crippen LogP) is 3.67. The molecule has 0 atom stereocenters. The van der Waals surface area contributed by atoms with E-state index in [-0.39, 0.29) is 5.82 Å². The highest BCUT2D eigenvalue weighted by atomic mass is 19.1. The summed E-state index contributed by atoms with van der Waals surface area (Å²) in [7, 11) is 0. The van der Waals surface area contributed by atoms with Crippen LogP contribution in [0.3, 0.4) is 0 Å². The molecule has 0 saturated carbocycles. The van der Waals surface area contributed by atoms with E-state index in [1.807, 2.05) is 13.0 Å². The maximum atomic E-state index is 12.8. The van der Waals surface area contributed by atoms with Gasteiger partial charge in [-0.05, 0) is 42.8 Å². The zero-order valence-corrected chi connectivity index (χ0v) is 10.3. The normalized spacial score (nSPS) is 10.4. The third kappa shape index (κ3) is 3.69. The molecule has 1 heterocycles. The molecule has 0 saturated heterocycles. The van der Waals surface area contributed by atoms with Gasteiger partial charge in [0.15, 0.2) is 0 Å². The van der Waals surface area contributed by atoms with Crippen LogP contribution in [-0.2, 0) is 4.79 Å². The molecule has 0 fully saturated rings. The lowest BCUT2D eigenvalue weighted by atomic mass is 10.2. The molecular formula is C15H11FN2O. The summed E-state index contributed by atoms with van der Waals surface area (Å²) < 4.78 is 12.8. The van der Waals surface area contributed by atoms with Crippen molar-refractivity contribution in [2.24, 2.45) is 4.99 Å². The van der Waals surface area contributed by atoms with E-state index in [0.717, 1.165) is 11.3 Å². The molecule has 0 bridgehead atoms. The highest BCUT2D eigenvalue weighted by Gasteiger charge is 1.97. The molecule has 2 rings (SSSR count). The smallest absolute Gasteiger partial charge is 0.240 e. The Morgan fingerprint density at radius 1 is 1.21 bits per heavy atom. The number of nitrogens with zero attached hydrogens (tertiary/aromatic N) is 2. The van der Waals surface area contributed by atoms with Gasteiger partial charge in [-0.25, -0.2) is 9.18 Å². The molecule has 0 aliphatic heterocycles. The largest absolute Gasteiger partial charge is 0.254 e. The van der Waals surface area contributed by atoms with Crippen LogP contribution in [0.4, 0.5) is 10.1 Å². The van der Waals surface area contributed by atoms with Gasteiger partial charge in [0.25, 0.3) is 0 Å². The van der Waals surface area contributed by atoms with Crippen LogP contribution >= 0.6 is 0 Å². The van der Waals surface area contributed by atoms with Crippen LogP contribution in [0.2, 0.25) is 0 Å². The summed E-state index contributed by atoms with van der Waals surface area (Å²) in [4.78, 5) is 18.1. The molecule has 94 valence electrons. The number of aryl methyl sites for hydroxylation is 1. The van der Waals surface area contributed by atoms with Crippen LogP contribution in [-0.4, -0.2) is 11.1 Å². The Bertz CT molecular complexity index is 656. The number of rotatable bonds is 3. The first-order valence-corrected chi connectivity index (χ1v) is 5.67. The summed E-state index contributed by atoms with van der Waals surface area (Å²) in [6.45, 7) is 1.82. The maximum Gasteiger partial charge on any atom is 0.240 e. The average Bonchev–Trinajstić information content (AvgIpc) is 2.38. The first kappa shape index (κ1) is 12.9. The second-order valence-electron chi connectivity index (χ2n) is 3.98. The van der Waals surface area contributed by atoms with Gasteiger partial charge < -0.3 is 0 Å². The molecule has 2 aromatic rings. The van der Waals surface area contributed by atoms with Gasteiger partial charge >= 0.3 is 0 Å². The molecule has 0 aliphatic rings. The Morgan fingerprint density at radius 2 is 1.95 bits per heavy atom. The Kier molecular flexibility index (Phi) is 3.96. The fraction of sp³-hybridized carbons (Fsp3) is 0.0667. The third-order valence-corrected chi connectivity index (χ3v) is 2.45. The lowest BCUT2D eigenvalue weighted by molar-refractivity contribution is 0.565. The minimum absolute atomic E-state index is 0.270. The molecule has 0 spiro atoms. The molecular weight excluding hydrogens is 243 g/mol. The van der Waals surface area contributed by atoms with Gasteiger partial charge in [0, 0.05) is 5.69 Å². The second-order valence-corrected chi connectivity index (χ2v) is 3.98. The zero-order chi connectivity index (χ0) is 13.7. The van der Waals surface area contributed by atoms with Crippen LogP contribution in [0, 0.1) is 12.7 Å². The number of hydrogen-bond acceptors (Lipinski definition) is 3. The molecule has 4 heteroatoms. The monoisotopic (exact) mass is 254 g/mol. The molecule has 0 unspecified atom stereocenters. The van der Waals surface area contributed by atoms with Gasteiger partial charge in [-0.1, -0.05) is 18.2 Å². The number of aromatic nitrogens is 1. The molecule has 0 amide bonds. The van der Waals surface area contributed by atoms with Crippen LogP contribution < -0.4 is 0 Å². The number of aliphatic imine (C=N–C) groups is 1. The van der Waals surface area contributed by atoms with Gasteiger partial charge in [0.05, 0.1) is 11.4 Å². The van der Waals surface area contributed by atoms with E-state index >= 15 is 0 Å². The van der Waals surface area contributed by atoms with Crippen molar-refractivity contribution in [3.8, 4) is 0 Å². The topological polar surface area (TPSA) is 42.3 Å². The molecule has 0 N–H and O–H groups in total. The van der Waals surface area contributed by atoms with Gasteiger partial charge in [-0.3, -0.25) is 4.98 Å². The summed E-state index contributed by atoms with van der Waals surface area (Å²) in [5.74, 6) is -0.270. The highest BCUT2D eigenvalue weighted by Crippen LogP contribution is 2.16. The van der Waals surface area contributed by atoms with E-state index in [9.17, 15) is 9.18 Å². The first-order chi connectivity index (χ1) is 9.17. The zero-order valence-electron chi connectivity index (χ0n) is 10.3. The third-order valence-electron chi connectivity index (χ3n) is 2.45. The van der Waals surface area contributed by atoms with Crippen molar-refractivity contribution in [2.45, 2.75) is 6.92 Å². The standard InChI is InChI=1S/C15H11FN2O/c1-11-8-15(17-10-19)9-14(18-11)7-4-12-2-5-13(16)6-3-12/h2-9H,1H3. The summed E-state index contributed by atoms with van der Waals surface area (Å²) in [6.07, 6.45) is 5.10. The summed E-state index contributed by atoms with van der Waals surface area (Å²) >= 11 is 0. The van der Waals surface area contributed by atoms with Gasteiger partial charge in [0.1, 0.15) is 5.82 Å². The van der Waals surface area contributed by atoms with E-state index in [1.165, 1.54) is 18.2 Å². The van der Waals surface area contributed by atoms with Crippen LogP contribution in [0.5, 0.6) is 0 Å². The molecule has 1 aromatic heterocycles. The second kappa shape index (κ2) is 5.85. The van der Waals surface area contributed by atoms with Crippen molar-refractivity contribution in [2.75, 3.05) is 0 Å². The number of carbonyl (C=O) groups excluding carboxylic acids is 1. The minimum atomic E-state index is -0.270. The molecule has 19 heavy (non-hydrogen) atoms. The molecule has 0 radical (unpaired) electrons. The fourth-order valence-corrected chi connectivity index (χ4v) is 1.63. The highest BCUT2D eigenvalue weighted by molar-refractivity contribution is 5.69. The SMILES string of the molecule is Cc1cc(N=C=O)cc(C=Cc2ccc(F)cc2)n1. The van der Waals surface area contributed by atoms with Crippen molar-refractivity contribution in [1.29, 1.82) is 0 Å². The minimum Gasteiger partial charge on any atom is -0.254 e. The van der Waals surface area contributed by atoms with E-state index in [2.05, 4.69) is 9.98 Å². The Labute approximate surface area is 110 Å². The number of isocyanates is 1. The lowest BCUT2D eigenvalue weighted by Crippen LogP contribution is -1.85. The predicted molar refractivity (Wildman–Crippen MR) is 72.1 cm³/mol. The summed E-state index contributed by atoms with van der Waals surface area (Å²) in [5, 5.41) is 0. The van der Waals surface area contributed by atoms with Crippen LogP contribution in [0.1, 0.15) is 17.0 Å². The van der Waals surface area contributed by atoms with Gasteiger partial charge in [-0.15, -0.1) is 0 Å². The number of benzene rings is 1. The maximum absolute atomic E-state index is 12.8. The van der Waals surface area contributed by atoms with Crippen LogP contribution in [0.25, 0.3) is 12.2 Å². The lowest BCUT2D eigenvalue weighted by Gasteiger charge is -1.98. The Morgan fingerprint density at radius 3 is 2.63 bits per heavy atom. The van der Waals surface area contributed by atoms with E-state index in [4.69, 9.17) is 0 Å². The molecule has 0 aliphatic carbocycles. The van der Waals surface area contributed by atoms with Crippen molar-refractivity contribution < 1.29 is 9.18 Å². The van der Waals surface area contributed by atoms with E-state index in [0.29, 0.717) is 11.4 Å². The fourth-order valence-electron chi connectivity index (χ4n) is 1.63. The molecule has 3 nitrogen and oxygen atoms in total. The van der Waals surface area contributed by atoms with Crippen molar-refractivity contribution >= 4 is 23.9 Å². The van der Waals surface area contributed by atoms with Crippen molar-refractivity contribution in [1.82, 2.24) is 4.98 Å². The van der Waals surface area contributed by atoms with Crippen molar-refractivity contribution in [3.05, 3.63) is 59.2 Å². The summed E-state index contributed by atoms with van der Waals surface area (Å²) in [5.41, 5.74) is 2.82. The number of halogens is 1. The van der Waals surface area contributed by atoms with Gasteiger partial charge in [-0.2, -0.15) is 4.99 Å². The first-order valence-electron chi connectivity index (χ1n) is 5.67. The van der Waals surface area contributed by atoms with Crippen LogP contribution in [0.15, 0.2) is 41.4 Å². The Hall–Kier alpha value is -2.58. The Balaban J connectivity index is 2.27. The van der Waals surface area contributed by atoms with E-state index in [1.54, 1.807) is 30.3 Å². The van der Waals surface area contributed by atoms with E-state index < -0.39 is 0 Å². The van der Waals surface area contributed by atoms with Gasteiger partial charge in [0.2, 0.25) is 6.08 Å². The number of hydrogen-bond donors (Lipinski definition) is 0. The summed E-state index contributed by atoms with van der Waals surface area (Å²) in [6, 6.07) is 9.51. The molecule has 1 aromatic carbocycles. The number of pyridine rings is 1. The quantitative estimate of drug-likeness (QED) is 0.619. The van der Waals surface area contributed by atoms with Crippen molar-refractivity contribution in [3.63, 3.8) is 0 Å². The average molecular weight is 254 g/mol.